The number of hydrazine groups is 1. The van der Waals surface area contributed by atoms with Crippen LogP contribution in [0.5, 0.6) is 0 Å². The average molecular weight is 384 g/mol. The molecule has 0 aliphatic carbocycles. The Morgan fingerprint density at radius 1 is 0.963 bits per heavy atom. The van der Waals surface area contributed by atoms with Crippen molar-refractivity contribution in [1.82, 2.24) is 20.7 Å². The van der Waals surface area contributed by atoms with Crippen LogP contribution in [0.15, 0.2) is 53.7 Å². The van der Waals surface area contributed by atoms with Gasteiger partial charge in [0, 0.05) is 24.8 Å². The van der Waals surface area contributed by atoms with Crippen LogP contribution >= 0.6 is 11.8 Å². The summed E-state index contributed by atoms with van der Waals surface area (Å²) in [6, 6.07) is 12.1. The largest absolute Gasteiger partial charge is 0.339 e. The molecule has 0 bridgehead atoms. The molecule has 3 amide bonds. The van der Waals surface area contributed by atoms with E-state index in [4.69, 9.17) is 0 Å². The maximum Gasteiger partial charge on any atom is 0.269 e. The predicted octanol–water partition coefficient (Wildman–Crippen LogP) is 1.87. The van der Waals surface area contributed by atoms with Crippen molar-refractivity contribution >= 4 is 29.5 Å². The Hall–Kier alpha value is -2.87. The molecule has 2 aromatic rings. The highest BCUT2D eigenvalue weighted by molar-refractivity contribution is 7.99. The third kappa shape index (κ3) is 5.30. The molecule has 27 heavy (non-hydrogen) atoms. The summed E-state index contributed by atoms with van der Waals surface area (Å²) in [7, 11) is 0. The number of likely N-dealkylation sites (tertiary alicyclic amines) is 1. The maximum atomic E-state index is 12.3. The van der Waals surface area contributed by atoms with Gasteiger partial charge in [0.05, 0.1) is 16.3 Å². The number of hydrogen-bond acceptors (Lipinski definition) is 5. The molecule has 0 radical (unpaired) electrons. The minimum absolute atomic E-state index is 0.00193. The van der Waals surface area contributed by atoms with Crippen molar-refractivity contribution in [3.63, 3.8) is 0 Å². The summed E-state index contributed by atoms with van der Waals surface area (Å²) >= 11 is 1.23. The van der Waals surface area contributed by atoms with Gasteiger partial charge in [0.2, 0.25) is 5.91 Å². The molecule has 1 aliphatic rings. The van der Waals surface area contributed by atoms with Crippen LogP contribution in [0.1, 0.15) is 33.6 Å². The van der Waals surface area contributed by atoms with Crippen LogP contribution in [0.2, 0.25) is 0 Å². The lowest BCUT2D eigenvalue weighted by Crippen LogP contribution is -2.42. The number of amides is 3. The predicted molar refractivity (Wildman–Crippen MR) is 102 cm³/mol. The zero-order chi connectivity index (χ0) is 19.1. The molecule has 1 aromatic carbocycles. The van der Waals surface area contributed by atoms with E-state index in [2.05, 4.69) is 15.8 Å². The molecule has 2 heterocycles. The molecule has 0 spiro atoms. The third-order valence-electron chi connectivity index (χ3n) is 4.08. The summed E-state index contributed by atoms with van der Waals surface area (Å²) in [6.45, 7) is 1.59. The first kappa shape index (κ1) is 18.9. The van der Waals surface area contributed by atoms with Gasteiger partial charge < -0.3 is 4.90 Å². The van der Waals surface area contributed by atoms with Gasteiger partial charge in [-0.05, 0) is 37.1 Å². The van der Waals surface area contributed by atoms with Crippen molar-refractivity contribution in [3.8, 4) is 0 Å². The Balaban J connectivity index is 1.43. The van der Waals surface area contributed by atoms with E-state index >= 15 is 0 Å². The number of pyridine rings is 1. The summed E-state index contributed by atoms with van der Waals surface area (Å²) in [6.07, 6.45) is 3.63. The lowest BCUT2D eigenvalue weighted by molar-refractivity contribution is -0.119. The van der Waals surface area contributed by atoms with Crippen molar-refractivity contribution in [2.24, 2.45) is 0 Å². The summed E-state index contributed by atoms with van der Waals surface area (Å²) in [5, 5.41) is 0.637. The van der Waals surface area contributed by atoms with Crippen molar-refractivity contribution in [3.05, 3.63) is 59.8 Å². The van der Waals surface area contributed by atoms with Crippen molar-refractivity contribution < 1.29 is 14.4 Å². The van der Waals surface area contributed by atoms with Crippen LogP contribution < -0.4 is 10.9 Å². The fourth-order valence-electron chi connectivity index (χ4n) is 2.66. The Kier molecular flexibility index (Phi) is 6.43. The quantitative estimate of drug-likeness (QED) is 0.607. The number of hydrogen-bond donors (Lipinski definition) is 2. The second kappa shape index (κ2) is 9.18. The molecule has 140 valence electrons. The number of benzene rings is 1. The van der Waals surface area contributed by atoms with E-state index in [1.807, 2.05) is 11.0 Å². The van der Waals surface area contributed by atoms with E-state index in [1.165, 1.54) is 18.0 Å². The zero-order valence-corrected chi connectivity index (χ0v) is 15.5. The molecule has 0 atom stereocenters. The lowest BCUT2D eigenvalue weighted by atomic mass is 10.2. The van der Waals surface area contributed by atoms with Gasteiger partial charge in [-0.15, -0.1) is 0 Å². The minimum atomic E-state index is -0.378. The normalized spacial score (nSPS) is 13.3. The van der Waals surface area contributed by atoms with Gasteiger partial charge in [0.1, 0.15) is 0 Å². The Bertz CT molecular complexity index is 805. The zero-order valence-electron chi connectivity index (χ0n) is 14.7. The number of nitrogens with zero attached hydrogens (tertiary/aromatic N) is 2. The number of nitrogens with one attached hydrogen (secondary N) is 2. The van der Waals surface area contributed by atoms with E-state index in [0.717, 1.165) is 25.9 Å². The van der Waals surface area contributed by atoms with Crippen LogP contribution in [-0.4, -0.2) is 46.4 Å². The lowest BCUT2D eigenvalue weighted by Gasteiger charge is -2.14. The molecule has 7 nitrogen and oxygen atoms in total. The van der Waals surface area contributed by atoms with Gasteiger partial charge in [0.15, 0.2) is 0 Å². The molecule has 8 heteroatoms. The first-order chi connectivity index (χ1) is 13.1. The van der Waals surface area contributed by atoms with Gasteiger partial charge in [-0.1, -0.05) is 30.0 Å². The molecule has 0 saturated carbocycles. The number of carbonyl (C=O) groups excluding carboxylic acids is 3. The van der Waals surface area contributed by atoms with Crippen LogP contribution in [0.3, 0.4) is 0 Å². The fraction of sp³-hybridized carbons (Fsp3) is 0.263. The molecule has 0 unspecified atom stereocenters. The molecular weight excluding hydrogens is 364 g/mol. The molecule has 2 N–H and O–H groups in total. The van der Waals surface area contributed by atoms with Gasteiger partial charge in [-0.25, -0.2) is 4.98 Å². The topological polar surface area (TPSA) is 91.4 Å². The highest BCUT2D eigenvalue weighted by Crippen LogP contribution is 2.17. The highest BCUT2D eigenvalue weighted by Gasteiger charge is 2.19. The summed E-state index contributed by atoms with van der Waals surface area (Å²) in [5.74, 6) is -0.625. The Morgan fingerprint density at radius 3 is 2.37 bits per heavy atom. The second-order valence-corrected chi connectivity index (χ2v) is 7.04. The SMILES string of the molecule is O=C(CSc1ccc(C(=O)N2CCCC2)cn1)NNC(=O)c1ccccc1. The monoisotopic (exact) mass is 384 g/mol. The van der Waals surface area contributed by atoms with Crippen LogP contribution in [0.25, 0.3) is 0 Å². The molecule has 1 aliphatic heterocycles. The third-order valence-corrected chi connectivity index (χ3v) is 5.02. The van der Waals surface area contributed by atoms with Crippen molar-refractivity contribution in [1.29, 1.82) is 0 Å². The van der Waals surface area contributed by atoms with Crippen LogP contribution in [0, 0.1) is 0 Å². The van der Waals surface area contributed by atoms with Crippen molar-refractivity contribution in [2.75, 3.05) is 18.8 Å². The second-order valence-electron chi connectivity index (χ2n) is 6.04. The smallest absolute Gasteiger partial charge is 0.269 e. The minimum Gasteiger partial charge on any atom is -0.339 e. The van der Waals surface area contributed by atoms with Gasteiger partial charge in [0.25, 0.3) is 11.8 Å². The van der Waals surface area contributed by atoms with Crippen LogP contribution in [-0.2, 0) is 4.79 Å². The number of rotatable bonds is 5. The van der Waals surface area contributed by atoms with Gasteiger partial charge in [-0.2, -0.15) is 0 Å². The molecule has 3 rings (SSSR count). The van der Waals surface area contributed by atoms with Crippen LogP contribution in [0.4, 0.5) is 0 Å². The fourth-order valence-corrected chi connectivity index (χ4v) is 3.30. The van der Waals surface area contributed by atoms with E-state index in [-0.39, 0.29) is 23.5 Å². The Labute approximate surface area is 161 Å². The van der Waals surface area contributed by atoms with E-state index < -0.39 is 0 Å². The van der Waals surface area contributed by atoms with Crippen molar-refractivity contribution in [2.45, 2.75) is 17.9 Å². The number of aromatic nitrogens is 1. The van der Waals surface area contributed by atoms with E-state index in [9.17, 15) is 14.4 Å². The summed E-state index contributed by atoms with van der Waals surface area (Å²) < 4.78 is 0. The molecule has 1 fully saturated rings. The maximum absolute atomic E-state index is 12.3. The summed E-state index contributed by atoms with van der Waals surface area (Å²) in [5.41, 5.74) is 5.76. The number of thioether (sulfide) groups is 1. The average Bonchev–Trinajstić information content (AvgIpc) is 3.26. The first-order valence-electron chi connectivity index (χ1n) is 8.66. The summed E-state index contributed by atoms with van der Waals surface area (Å²) in [4.78, 5) is 42.0. The van der Waals surface area contributed by atoms with Gasteiger partial charge >= 0.3 is 0 Å². The van der Waals surface area contributed by atoms with E-state index in [0.29, 0.717) is 16.2 Å². The van der Waals surface area contributed by atoms with E-state index in [1.54, 1.807) is 36.4 Å². The molecule has 1 aromatic heterocycles. The first-order valence-corrected chi connectivity index (χ1v) is 9.64. The highest BCUT2D eigenvalue weighted by atomic mass is 32.2. The molecule has 1 saturated heterocycles. The van der Waals surface area contributed by atoms with Gasteiger partial charge in [-0.3, -0.25) is 25.2 Å². The Morgan fingerprint density at radius 2 is 1.70 bits per heavy atom. The number of carbonyl (C=O) groups is 3. The standard InChI is InChI=1S/C19H20N4O3S/c24-16(21-22-18(25)14-6-2-1-3-7-14)13-27-17-9-8-15(12-20-17)19(26)23-10-4-5-11-23/h1-3,6-9,12H,4-5,10-11,13H2,(H,21,24)(H,22,25). The molecular formula is C19H20N4O3S.